The van der Waals surface area contributed by atoms with Gasteiger partial charge in [0.2, 0.25) is 5.91 Å². The SMILES string of the molecule is COCCN(Cc1ccccc1)C(=O)CCn1cnc2c(C)cccc2c1=O. The smallest absolute Gasteiger partial charge is 0.261 e. The van der Waals surface area contributed by atoms with Crippen molar-refractivity contribution in [1.82, 2.24) is 14.5 Å². The van der Waals surface area contributed by atoms with Crippen molar-refractivity contribution in [1.29, 1.82) is 0 Å². The van der Waals surface area contributed by atoms with Gasteiger partial charge in [-0.3, -0.25) is 14.2 Å². The fourth-order valence-electron chi connectivity index (χ4n) is 3.17. The van der Waals surface area contributed by atoms with Crippen LogP contribution in [0.3, 0.4) is 0 Å². The number of ether oxygens (including phenoxy) is 1. The Balaban J connectivity index is 1.72. The van der Waals surface area contributed by atoms with Gasteiger partial charge < -0.3 is 9.64 Å². The van der Waals surface area contributed by atoms with E-state index in [1.165, 1.54) is 10.9 Å². The van der Waals surface area contributed by atoms with E-state index in [2.05, 4.69) is 4.98 Å². The summed E-state index contributed by atoms with van der Waals surface area (Å²) >= 11 is 0. The number of methoxy groups -OCH3 is 1. The van der Waals surface area contributed by atoms with Crippen LogP contribution in [0.25, 0.3) is 10.9 Å². The van der Waals surface area contributed by atoms with Crippen LogP contribution in [0.1, 0.15) is 17.5 Å². The molecule has 0 aliphatic heterocycles. The summed E-state index contributed by atoms with van der Waals surface area (Å²) in [6.45, 7) is 3.73. The van der Waals surface area contributed by atoms with Crippen molar-refractivity contribution in [2.75, 3.05) is 20.3 Å². The van der Waals surface area contributed by atoms with Crippen LogP contribution in [0.15, 0.2) is 59.7 Å². The molecule has 146 valence electrons. The van der Waals surface area contributed by atoms with Crippen molar-refractivity contribution in [3.05, 3.63) is 76.3 Å². The number of hydrogen-bond donors (Lipinski definition) is 0. The first-order valence-corrected chi connectivity index (χ1v) is 9.35. The van der Waals surface area contributed by atoms with Gasteiger partial charge in [0.25, 0.3) is 5.56 Å². The first-order chi connectivity index (χ1) is 13.6. The predicted molar refractivity (Wildman–Crippen MR) is 109 cm³/mol. The fourth-order valence-corrected chi connectivity index (χ4v) is 3.17. The molecule has 0 bridgehead atoms. The number of hydrogen-bond acceptors (Lipinski definition) is 4. The number of fused-ring (bicyclic) bond motifs is 1. The van der Waals surface area contributed by atoms with Crippen LogP contribution in [0.4, 0.5) is 0 Å². The molecule has 0 N–H and O–H groups in total. The van der Waals surface area contributed by atoms with E-state index in [0.717, 1.165) is 11.1 Å². The van der Waals surface area contributed by atoms with Crippen LogP contribution in [0.5, 0.6) is 0 Å². The molecule has 0 unspecified atom stereocenters. The highest BCUT2D eigenvalue weighted by atomic mass is 16.5. The van der Waals surface area contributed by atoms with Gasteiger partial charge in [-0.05, 0) is 24.1 Å². The third-order valence-electron chi connectivity index (χ3n) is 4.76. The van der Waals surface area contributed by atoms with Crippen LogP contribution in [-0.2, 0) is 22.6 Å². The lowest BCUT2D eigenvalue weighted by molar-refractivity contribution is -0.132. The van der Waals surface area contributed by atoms with E-state index < -0.39 is 0 Å². The largest absolute Gasteiger partial charge is 0.383 e. The molecule has 3 rings (SSSR count). The zero-order valence-electron chi connectivity index (χ0n) is 16.3. The van der Waals surface area contributed by atoms with E-state index in [0.29, 0.717) is 37.1 Å². The number of para-hydroxylation sites is 1. The van der Waals surface area contributed by atoms with Gasteiger partial charge in [-0.15, -0.1) is 0 Å². The van der Waals surface area contributed by atoms with Crippen LogP contribution < -0.4 is 5.56 Å². The number of carbonyl (C=O) groups excluding carboxylic acids is 1. The number of amides is 1. The Labute approximate surface area is 164 Å². The summed E-state index contributed by atoms with van der Waals surface area (Å²) in [4.78, 5) is 31.7. The Morgan fingerprint density at radius 3 is 2.68 bits per heavy atom. The second-order valence-electron chi connectivity index (χ2n) is 6.76. The maximum Gasteiger partial charge on any atom is 0.261 e. The van der Waals surface area contributed by atoms with Gasteiger partial charge in [-0.25, -0.2) is 4.98 Å². The monoisotopic (exact) mass is 379 g/mol. The molecule has 0 radical (unpaired) electrons. The quantitative estimate of drug-likeness (QED) is 0.604. The van der Waals surface area contributed by atoms with Crippen molar-refractivity contribution >= 4 is 16.8 Å². The van der Waals surface area contributed by atoms with Gasteiger partial charge in [-0.1, -0.05) is 42.5 Å². The molecule has 6 nitrogen and oxygen atoms in total. The molecule has 0 saturated carbocycles. The number of nitrogens with zero attached hydrogens (tertiary/aromatic N) is 3. The van der Waals surface area contributed by atoms with Gasteiger partial charge >= 0.3 is 0 Å². The molecule has 2 aromatic carbocycles. The average Bonchev–Trinajstić information content (AvgIpc) is 2.71. The Morgan fingerprint density at radius 2 is 1.93 bits per heavy atom. The molecule has 1 heterocycles. The third-order valence-corrected chi connectivity index (χ3v) is 4.76. The average molecular weight is 379 g/mol. The molecule has 0 saturated heterocycles. The second kappa shape index (κ2) is 9.28. The summed E-state index contributed by atoms with van der Waals surface area (Å²) < 4.78 is 6.65. The summed E-state index contributed by atoms with van der Waals surface area (Å²) in [7, 11) is 1.62. The highest BCUT2D eigenvalue weighted by molar-refractivity contribution is 5.80. The molecule has 0 aliphatic rings. The highest BCUT2D eigenvalue weighted by Crippen LogP contribution is 2.12. The number of aromatic nitrogens is 2. The topological polar surface area (TPSA) is 64.4 Å². The van der Waals surface area contributed by atoms with Gasteiger partial charge in [-0.2, -0.15) is 0 Å². The fraction of sp³-hybridized carbons (Fsp3) is 0.318. The summed E-state index contributed by atoms with van der Waals surface area (Å²) in [5.74, 6) is -0.0165. The van der Waals surface area contributed by atoms with Gasteiger partial charge in [0.15, 0.2) is 0 Å². The van der Waals surface area contributed by atoms with Crippen molar-refractivity contribution in [2.24, 2.45) is 0 Å². The molecule has 3 aromatic rings. The summed E-state index contributed by atoms with van der Waals surface area (Å²) in [6.07, 6.45) is 1.76. The summed E-state index contributed by atoms with van der Waals surface area (Å²) in [5.41, 5.74) is 2.62. The Hall–Kier alpha value is -2.99. The maximum atomic E-state index is 12.8. The molecule has 1 aromatic heterocycles. The molecule has 0 atom stereocenters. The lowest BCUT2D eigenvalue weighted by Crippen LogP contribution is -2.34. The Kier molecular flexibility index (Phi) is 6.55. The van der Waals surface area contributed by atoms with E-state index >= 15 is 0 Å². The van der Waals surface area contributed by atoms with Crippen molar-refractivity contribution in [2.45, 2.75) is 26.4 Å². The highest BCUT2D eigenvalue weighted by Gasteiger charge is 2.15. The molecular formula is C22H25N3O3. The predicted octanol–water partition coefficient (Wildman–Crippen LogP) is 2.77. The van der Waals surface area contributed by atoms with Crippen LogP contribution >= 0.6 is 0 Å². The van der Waals surface area contributed by atoms with E-state index in [1.54, 1.807) is 18.1 Å². The minimum absolute atomic E-state index is 0.0165. The Bertz CT molecular complexity index is 999. The lowest BCUT2D eigenvalue weighted by Gasteiger charge is -2.23. The normalized spacial score (nSPS) is 10.9. The van der Waals surface area contributed by atoms with Gasteiger partial charge in [0, 0.05) is 33.2 Å². The molecule has 0 fully saturated rings. The van der Waals surface area contributed by atoms with Crippen molar-refractivity contribution < 1.29 is 9.53 Å². The summed E-state index contributed by atoms with van der Waals surface area (Å²) in [5, 5.41) is 0.579. The zero-order chi connectivity index (χ0) is 19.9. The third kappa shape index (κ3) is 4.64. The molecule has 0 aliphatic carbocycles. The first-order valence-electron chi connectivity index (χ1n) is 9.35. The molecule has 6 heteroatoms. The van der Waals surface area contributed by atoms with Crippen LogP contribution in [-0.4, -0.2) is 40.6 Å². The number of rotatable bonds is 8. The molecular weight excluding hydrogens is 354 g/mol. The lowest BCUT2D eigenvalue weighted by atomic mass is 10.1. The first kappa shape index (κ1) is 19.8. The summed E-state index contributed by atoms with van der Waals surface area (Å²) in [6, 6.07) is 15.4. The van der Waals surface area contributed by atoms with Crippen molar-refractivity contribution in [3.8, 4) is 0 Å². The van der Waals surface area contributed by atoms with Gasteiger partial charge in [0.05, 0.1) is 23.8 Å². The number of aryl methyl sites for hydroxylation is 2. The standard InChI is InChI=1S/C22H25N3O3/c1-17-7-6-10-19-21(17)23-16-25(22(19)27)12-11-20(26)24(13-14-28-2)15-18-8-4-3-5-9-18/h3-10,16H,11-15H2,1-2H3. The zero-order valence-corrected chi connectivity index (χ0v) is 16.3. The van der Waals surface area contributed by atoms with Crippen LogP contribution in [0.2, 0.25) is 0 Å². The molecule has 0 spiro atoms. The van der Waals surface area contributed by atoms with E-state index in [1.807, 2.05) is 49.4 Å². The van der Waals surface area contributed by atoms with Gasteiger partial charge in [0.1, 0.15) is 0 Å². The molecule has 28 heavy (non-hydrogen) atoms. The van der Waals surface area contributed by atoms with E-state index in [4.69, 9.17) is 4.74 Å². The minimum atomic E-state index is -0.118. The second-order valence-corrected chi connectivity index (χ2v) is 6.76. The molecule has 1 amide bonds. The Morgan fingerprint density at radius 1 is 1.14 bits per heavy atom. The number of benzene rings is 2. The van der Waals surface area contributed by atoms with E-state index in [9.17, 15) is 9.59 Å². The maximum absolute atomic E-state index is 12.8. The van der Waals surface area contributed by atoms with Crippen molar-refractivity contribution in [3.63, 3.8) is 0 Å². The minimum Gasteiger partial charge on any atom is -0.383 e. The van der Waals surface area contributed by atoms with Crippen LogP contribution in [0, 0.1) is 6.92 Å². The van der Waals surface area contributed by atoms with E-state index in [-0.39, 0.29) is 17.9 Å². The number of carbonyl (C=O) groups is 1.